The van der Waals surface area contributed by atoms with Gasteiger partial charge in [-0.25, -0.2) is 9.18 Å². The van der Waals surface area contributed by atoms with Gasteiger partial charge in [0.1, 0.15) is 11.6 Å². The second-order valence-corrected chi connectivity index (χ2v) is 11.3. The summed E-state index contributed by atoms with van der Waals surface area (Å²) in [5.74, 6) is -0.408. The van der Waals surface area contributed by atoms with E-state index in [1.165, 1.54) is 12.1 Å². The fourth-order valence-electron chi connectivity index (χ4n) is 5.51. The number of thiol groups is 1. The lowest BCUT2D eigenvalue weighted by molar-refractivity contribution is 0.0695. The van der Waals surface area contributed by atoms with Crippen LogP contribution in [0.5, 0.6) is 5.75 Å². The van der Waals surface area contributed by atoms with E-state index >= 15 is 0 Å². The predicted molar refractivity (Wildman–Crippen MR) is 142 cm³/mol. The Kier molecular flexibility index (Phi) is 6.03. The highest BCUT2D eigenvalue weighted by Gasteiger charge is 2.45. The van der Waals surface area contributed by atoms with E-state index in [0.717, 1.165) is 34.6 Å². The van der Waals surface area contributed by atoms with E-state index in [1.54, 1.807) is 16.8 Å². The first-order chi connectivity index (χ1) is 18.2. The van der Waals surface area contributed by atoms with E-state index < -0.39 is 10.9 Å². The molecule has 0 saturated heterocycles. The van der Waals surface area contributed by atoms with Gasteiger partial charge in [-0.05, 0) is 55.3 Å². The number of hydrogen-bond acceptors (Lipinski definition) is 6. The molecular formula is C28H28FN5O3S. The number of halogens is 1. The van der Waals surface area contributed by atoms with E-state index in [0.29, 0.717) is 30.9 Å². The zero-order valence-electron chi connectivity index (χ0n) is 21.1. The summed E-state index contributed by atoms with van der Waals surface area (Å²) in [6.07, 6.45) is 4.55. The number of benzene rings is 2. The fraction of sp³-hybridized carbons (Fsp3) is 0.321. The minimum absolute atomic E-state index is 0.0514. The average Bonchev–Trinajstić information content (AvgIpc) is 3.34. The maximum Gasteiger partial charge on any atom is 0.337 e. The highest BCUT2D eigenvalue weighted by molar-refractivity contribution is 7.81. The van der Waals surface area contributed by atoms with Gasteiger partial charge in [0, 0.05) is 67.9 Å². The van der Waals surface area contributed by atoms with Crippen LogP contribution in [0.25, 0.3) is 5.69 Å². The number of carboxylic acids is 1. The third-order valence-electron chi connectivity index (χ3n) is 7.16. The number of hydrogen-bond donors (Lipinski definition) is 2. The molecule has 1 saturated carbocycles. The lowest BCUT2D eigenvalue weighted by atomic mass is 10.1. The highest BCUT2D eigenvalue weighted by Crippen LogP contribution is 2.55. The van der Waals surface area contributed by atoms with Gasteiger partial charge in [-0.3, -0.25) is 9.58 Å². The van der Waals surface area contributed by atoms with E-state index in [1.807, 2.05) is 49.1 Å². The Morgan fingerprint density at radius 3 is 2.84 bits per heavy atom. The molecule has 3 heterocycles. The normalized spacial score (nSPS) is 22.9. The summed E-state index contributed by atoms with van der Waals surface area (Å²) in [6, 6.07) is 14.3. The second kappa shape index (κ2) is 9.28. The summed E-state index contributed by atoms with van der Waals surface area (Å²) < 4.78 is 23.7. The molecule has 2 aromatic heterocycles. The van der Waals surface area contributed by atoms with Gasteiger partial charge in [-0.15, -0.1) is 17.7 Å². The summed E-state index contributed by atoms with van der Waals surface area (Å²) in [5.41, 5.74) is 4.68. The van der Waals surface area contributed by atoms with Crippen LogP contribution in [0.4, 0.5) is 4.39 Å². The van der Waals surface area contributed by atoms with Crippen molar-refractivity contribution in [1.82, 2.24) is 24.5 Å². The highest BCUT2D eigenvalue weighted by atomic mass is 32.1. The van der Waals surface area contributed by atoms with Crippen LogP contribution in [0.1, 0.15) is 58.1 Å². The number of aryl methyl sites for hydroxylation is 1. The largest absolute Gasteiger partial charge is 0.478 e. The van der Waals surface area contributed by atoms with Crippen molar-refractivity contribution in [2.45, 2.75) is 43.2 Å². The lowest BCUT2D eigenvalue weighted by Gasteiger charge is -2.28. The Labute approximate surface area is 225 Å². The number of carbonyl (C=O) groups is 1. The second-order valence-electron chi connectivity index (χ2n) is 10.4. The third-order valence-corrected chi connectivity index (χ3v) is 7.39. The Morgan fingerprint density at radius 1 is 1.24 bits per heavy atom. The SMILES string of the molecule is Cn1cc(C2C[C@H]2c2c(C(=O)O)ccn2-c2cccc(CN3Cc4cc(F)ccc4OC(C)(S)C3)c2)nn1. The summed E-state index contributed by atoms with van der Waals surface area (Å²) in [4.78, 5) is 13.5. The number of fused-ring (bicyclic) bond motifs is 1. The van der Waals surface area contributed by atoms with Crippen molar-refractivity contribution in [3.8, 4) is 11.4 Å². The molecule has 0 radical (unpaired) electrons. The van der Waals surface area contributed by atoms with Crippen LogP contribution in [-0.4, -0.2) is 47.0 Å². The van der Waals surface area contributed by atoms with Crippen LogP contribution >= 0.6 is 12.6 Å². The topological polar surface area (TPSA) is 85.4 Å². The molecule has 0 amide bonds. The molecule has 1 N–H and O–H groups in total. The van der Waals surface area contributed by atoms with Crippen LogP contribution < -0.4 is 4.74 Å². The number of aromatic carboxylic acids is 1. The molecule has 2 aliphatic rings. The smallest absolute Gasteiger partial charge is 0.337 e. The summed E-state index contributed by atoms with van der Waals surface area (Å²) in [7, 11) is 1.83. The number of nitrogens with zero attached hydrogens (tertiary/aromatic N) is 5. The minimum atomic E-state index is -0.941. The quantitative estimate of drug-likeness (QED) is 0.348. The third kappa shape index (κ3) is 4.81. The Bertz CT molecular complexity index is 1530. The summed E-state index contributed by atoms with van der Waals surface area (Å²) in [5, 5.41) is 18.2. The number of aromatic nitrogens is 4. The predicted octanol–water partition coefficient (Wildman–Crippen LogP) is 4.75. The first-order valence-corrected chi connectivity index (χ1v) is 12.9. The number of rotatable bonds is 6. The van der Waals surface area contributed by atoms with Crippen LogP contribution in [0.3, 0.4) is 0 Å². The van der Waals surface area contributed by atoms with Crippen LogP contribution in [0, 0.1) is 5.82 Å². The zero-order valence-corrected chi connectivity index (χ0v) is 22.0. The maximum absolute atomic E-state index is 14.0. The maximum atomic E-state index is 14.0. The van der Waals surface area contributed by atoms with E-state index in [4.69, 9.17) is 17.4 Å². The molecule has 4 aromatic rings. The summed E-state index contributed by atoms with van der Waals surface area (Å²) in [6.45, 7) is 3.56. The van der Waals surface area contributed by atoms with Crippen molar-refractivity contribution in [3.63, 3.8) is 0 Å². The average molecular weight is 534 g/mol. The molecule has 196 valence electrons. The van der Waals surface area contributed by atoms with Crippen molar-refractivity contribution in [1.29, 1.82) is 0 Å². The van der Waals surface area contributed by atoms with E-state index in [-0.39, 0.29) is 17.7 Å². The van der Waals surface area contributed by atoms with Crippen molar-refractivity contribution < 1.29 is 19.0 Å². The van der Waals surface area contributed by atoms with E-state index in [2.05, 4.69) is 21.3 Å². The molecule has 6 rings (SSSR count). The van der Waals surface area contributed by atoms with Crippen molar-refractivity contribution >= 4 is 18.6 Å². The van der Waals surface area contributed by atoms with Crippen molar-refractivity contribution in [3.05, 3.63) is 94.8 Å². The number of carboxylic acid groups (broad SMARTS) is 1. The molecule has 10 heteroatoms. The molecule has 3 atom stereocenters. The van der Waals surface area contributed by atoms with Gasteiger partial charge in [0.25, 0.3) is 0 Å². The molecule has 2 unspecified atom stereocenters. The molecule has 0 bridgehead atoms. The van der Waals surface area contributed by atoms with Crippen LogP contribution in [-0.2, 0) is 20.1 Å². The molecule has 1 aliphatic carbocycles. The van der Waals surface area contributed by atoms with Gasteiger partial charge in [0.2, 0.25) is 0 Å². The Morgan fingerprint density at radius 2 is 2.08 bits per heavy atom. The van der Waals surface area contributed by atoms with Crippen molar-refractivity contribution in [2.24, 2.45) is 7.05 Å². The van der Waals surface area contributed by atoms with Crippen LogP contribution in [0.15, 0.2) is 60.9 Å². The fourth-order valence-corrected chi connectivity index (χ4v) is 5.81. The van der Waals surface area contributed by atoms with Crippen LogP contribution in [0.2, 0.25) is 0 Å². The van der Waals surface area contributed by atoms with Gasteiger partial charge in [0.05, 0.1) is 11.3 Å². The van der Waals surface area contributed by atoms with Gasteiger partial charge in [-0.1, -0.05) is 17.3 Å². The molecule has 38 heavy (non-hydrogen) atoms. The van der Waals surface area contributed by atoms with Gasteiger partial charge in [0.15, 0.2) is 4.93 Å². The molecule has 0 spiro atoms. The minimum Gasteiger partial charge on any atom is -0.478 e. The summed E-state index contributed by atoms with van der Waals surface area (Å²) >= 11 is 4.72. The zero-order chi connectivity index (χ0) is 26.6. The van der Waals surface area contributed by atoms with Crippen molar-refractivity contribution in [2.75, 3.05) is 6.54 Å². The molecule has 2 aromatic carbocycles. The van der Waals surface area contributed by atoms with Gasteiger partial charge in [-0.2, -0.15) is 0 Å². The first-order valence-electron chi connectivity index (χ1n) is 12.5. The molecule has 8 nitrogen and oxygen atoms in total. The molecular weight excluding hydrogens is 505 g/mol. The van der Waals surface area contributed by atoms with Gasteiger partial charge < -0.3 is 14.4 Å². The van der Waals surface area contributed by atoms with Gasteiger partial charge >= 0.3 is 5.97 Å². The van der Waals surface area contributed by atoms with E-state index in [9.17, 15) is 14.3 Å². The standard InChI is InChI=1S/C28H28FN5O3S/c1-28(38)16-33(14-18-11-19(29)6-7-25(18)37-28)13-17-4-3-5-20(10-17)34-9-8-21(27(35)36)26(34)23-12-22(23)24-15-32(2)31-30-24/h3-11,15,22-23,38H,12-14,16H2,1-2H3,(H,35,36)/t22?,23-,28?/m1/s1. The lowest BCUT2D eigenvalue weighted by Crippen LogP contribution is -2.38. The number of ether oxygens (including phenoxy) is 1. The Balaban J connectivity index is 1.29. The molecule has 1 aliphatic heterocycles. The molecule has 1 fully saturated rings. The monoisotopic (exact) mass is 533 g/mol. The Hall–Kier alpha value is -3.63. The first kappa shape index (κ1) is 24.7.